The molecule has 3 aromatic rings. The number of carbonyl (C=O) groups excluding carboxylic acids is 2. The fraction of sp³-hybridized carbons (Fsp3) is 0.270. The summed E-state index contributed by atoms with van der Waals surface area (Å²) in [7, 11) is 0. The van der Waals surface area contributed by atoms with Gasteiger partial charge in [0.2, 0.25) is 0 Å². The van der Waals surface area contributed by atoms with E-state index in [-0.39, 0.29) is 38.1 Å². The normalized spacial score (nSPS) is 18.2. The van der Waals surface area contributed by atoms with E-state index in [0.717, 1.165) is 11.5 Å². The first kappa shape index (κ1) is 33.8. The van der Waals surface area contributed by atoms with Crippen molar-refractivity contribution in [2.75, 3.05) is 65.9 Å². The summed E-state index contributed by atoms with van der Waals surface area (Å²) in [4.78, 5) is 26.2. The zero-order valence-corrected chi connectivity index (χ0v) is 26.2. The Kier molecular flexibility index (Phi) is 13.4. The fourth-order valence-corrected chi connectivity index (χ4v) is 4.63. The molecule has 0 atom stereocenters. The SMILES string of the molecule is O=C1NCCOc2ccc(cc2)OCCOCC=CCOCCOc2ccc(cc2)OCCNC(=O)c2cc([C]3[CH][CH][CH][CH]3)cc1c2. The summed E-state index contributed by atoms with van der Waals surface area (Å²) >= 11 is 0. The number of rotatable bonds is 1. The highest BCUT2D eigenvalue weighted by Gasteiger charge is 2.22. The van der Waals surface area contributed by atoms with E-state index in [1.54, 1.807) is 18.2 Å². The van der Waals surface area contributed by atoms with Crippen LogP contribution in [0.15, 0.2) is 78.9 Å². The molecule has 4 heterocycles. The lowest BCUT2D eigenvalue weighted by Gasteiger charge is -2.14. The molecular weight excluding hydrogens is 600 g/mol. The molecule has 47 heavy (non-hydrogen) atoms. The largest absolute Gasteiger partial charge is 0.492 e. The lowest BCUT2D eigenvalue weighted by atomic mass is 9.93. The molecule has 1 fully saturated rings. The molecule has 0 unspecified atom stereocenters. The predicted octanol–water partition coefficient (Wildman–Crippen LogP) is 4.42. The van der Waals surface area contributed by atoms with Gasteiger partial charge in [0.05, 0.1) is 39.5 Å². The number of carbonyl (C=O) groups is 2. The van der Waals surface area contributed by atoms with Crippen LogP contribution < -0.4 is 29.6 Å². The fourth-order valence-electron chi connectivity index (χ4n) is 4.63. The van der Waals surface area contributed by atoms with Crippen LogP contribution in [0.2, 0.25) is 0 Å². The van der Waals surface area contributed by atoms with Crippen molar-refractivity contribution in [1.29, 1.82) is 0 Å². The molecule has 0 saturated heterocycles. The maximum Gasteiger partial charge on any atom is 0.251 e. The van der Waals surface area contributed by atoms with Gasteiger partial charge in [0, 0.05) is 17.0 Å². The molecule has 5 radical (unpaired) electrons. The summed E-state index contributed by atoms with van der Waals surface area (Å²) in [6.45, 7) is 3.75. The van der Waals surface area contributed by atoms with E-state index in [1.807, 2.05) is 86.4 Å². The molecule has 10 nitrogen and oxygen atoms in total. The second-order valence-electron chi connectivity index (χ2n) is 10.4. The van der Waals surface area contributed by atoms with Crippen molar-refractivity contribution in [1.82, 2.24) is 10.6 Å². The molecule has 0 aromatic heterocycles. The van der Waals surface area contributed by atoms with Crippen molar-refractivity contribution in [3.8, 4) is 23.0 Å². The van der Waals surface area contributed by atoms with Crippen LogP contribution in [0.4, 0.5) is 0 Å². The second-order valence-corrected chi connectivity index (χ2v) is 10.4. The summed E-state index contributed by atoms with van der Waals surface area (Å²) in [5, 5.41) is 5.77. The number of nitrogens with one attached hydrogen (secondary N) is 2. The second kappa shape index (κ2) is 18.6. The maximum absolute atomic E-state index is 13.1. The van der Waals surface area contributed by atoms with Crippen LogP contribution in [0.5, 0.6) is 23.0 Å². The molecule has 2 N–H and O–H groups in total. The minimum atomic E-state index is -0.303. The first-order valence-corrected chi connectivity index (χ1v) is 15.6. The molecule has 5 aliphatic rings. The van der Waals surface area contributed by atoms with Crippen molar-refractivity contribution in [3.05, 3.63) is 127 Å². The molecule has 2 amide bonds. The van der Waals surface area contributed by atoms with Crippen molar-refractivity contribution in [2.24, 2.45) is 0 Å². The summed E-state index contributed by atoms with van der Waals surface area (Å²) < 4.78 is 34.2. The van der Waals surface area contributed by atoms with Crippen molar-refractivity contribution in [3.63, 3.8) is 0 Å². The third kappa shape index (κ3) is 11.3. The maximum atomic E-state index is 13.1. The van der Waals surface area contributed by atoms with Crippen molar-refractivity contribution < 1.29 is 38.0 Å². The van der Waals surface area contributed by atoms with E-state index in [1.165, 1.54) is 0 Å². The zero-order valence-electron chi connectivity index (χ0n) is 26.2. The van der Waals surface area contributed by atoms with Crippen molar-refractivity contribution in [2.45, 2.75) is 0 Å². The van der Waals surface area contributed by atoms with Gasteiger partial charge in [-0.15, -0.1) is 0 Å². The van der Waals surface area contributed by atoms with Crippen LogP contribution in [-0.4, -0.2) is 77.8 Å². The lowest BCUT2D eigenvalue weighted by Crippen LogP contribution is -2.30. The van der Waals surface area contributed by atoms with Gasteiger partial charge in [0.1, 0.15) is 49.4 Å². The highest BCUT2D eigenvalue weighted by molar-refractivity contribution is 6.00. The van der Waals surface area contributed by atoms with E-state index >= 15 is 0 Å². The van der Waals surface area contributed by atoms with Crippen LogP contribution >= 0.6 is 0 Å². The monoisotopic (exact) mass is 639 g/mol. The highest BCUT2D eigenvalue weighted by atomic mass is 16.5. The van der Waals surface area contributed by atoms with Gasteiger partial charge in [-0.1, -0.05) is 12.2 Å². The van der Waals surface area contributed by atoms with E-state index in [9.17, 15) is 9.59 Å². The van der Waals surface area contributed by atoms with Gasteiger partial charge in [-0.25, -0.2) is 0 Å². The Labute approximate surface area is 276 Å². The van der Waals surface area contributed by atoms with E-state index in [4.69, 9.17) is 28.4 Å². The summed E-state index contributed by atoms with van der Waals surface area (Å²) in [5.41, 5.74) is 1.52. The van der Waals surface area contributed by atoms with Crippen LogP contribution in [0.25, 0.3) is 0 Å². The molecule has 245 valence electrons. The van der Waals surface area contributed by atoms with Crippen molar-refractivity contribution >= 4 is 11.8 Å². The van der Waals surface area contributed by atoms with Crippen LogP contribution in [0.1, 0.15) is 26.3 Å². The number of amides is 2. The third-order valence-electron chi connectivity index (χ3n) is 7.00. The van der Waals surface area contributed by atoms with E-state index < -0.39 is 0 Å². The Hall–Kier alpha value is -4.54. The lowest BCUT2D eigenvalue weighted by molar-refractivity contribution is 0.0946. The molecule has 1 saturated carbocycles. The van der Waals surface area contributed by atoms with Gasteiger partial charge in [0.25, 0.3) is 11.8 Å². The smallest absolute Gasteiger partial charge is 0.251 e. The quantitative estimate of drug-likeness (QED) is 0.377. The van der Waals surface area contributed by atoms with Gasteiger partial charge < -0.3 is 39.1 Å². The summed E-state index contributed by atoms with van der Waals surface area (Å²) in [6.07, 6.45) is 11.5. The Morgan fingerprint density at radius 3 is 1.28 bits per heavy atom. The molecule has 10 heteroatoms. The predicted molar refractivity (Wildman–Crippen MR) is 176 cm³/mol. The highest BCUT2D eigenvalue weighted by Crippen LogP contribution is 2.31. The Balaban J connectivity index is 1.20. The zero-order chi connectivity index (χ0) is 32.5. The van der Waals surface area contributed by atoms with Crippen LogP contribution in [0, 0.1) is 31.6 Å². The summed E-state index contributed by atoms with van der Waals surface area (Å²) in [5.74, 6) is 3.02. The first-order chi connectivity index (χ1) is 23.1. The molecule has 0 spiro atoms. The van der Waals surface area contributed by atoms with Gasteiger partial charge in [0.15, 0.2) is 0 Å². The molecule has 1 aliphatic carbocycles. The third-order valence-corrected chi connectivity index (χ3v) is 7.00. The molecule has 4 aliphatic heterocycles. The van der Waals surface area contributed by atoms with Gasteiger partial charge >= 0.3 is 0 Å². The number of hydrogen-bond acceptors (Lipinski definition) is 8. The summed E-state index contributed by atoms with van der Waals surface area (Å²) in [6, 6.07) is 19.7. The number of hydrogen-bond donors (Lipinski definition) is 2. The average molecular weight is 640 g/mol. The number of ether oxygens (including phenoxy) is 6. The average Bonchev–Trinajstić information content (AvgIpc) is 3.65. The first-order valence-electron chi connectivity index (χ1n) is 15.6. The molecule has 8 rings (SSSR count). The van der Waals surface area contributed by atoms with E-state index in [2.05, 4.69) is 10.6 Å². The Bertz CT molecular complexity index is 1340. The molecular formula is C37H39N2O8. The minimum Gasteiger partial charge on any atom is -0.492 e. The van der Waals surface area contributed by atoms with Crippen LogP contribution in [-0.2, 0) is 9.47 Å². The van der Waals surface area contributed by atoms with E-state index in [0.29, 0.717) is 73.8 Å². The Morgan fingerprint density at radius 2 is 0.851 bits per heavy atom. The Morgan fingerprint density at radius 1 is 0.468 bits per heavy atom. The standard InChI is InChI=1S/C37H39N2O8/c40-36-30-25-29(28-5-1-2-6-28)26-31(27-30)37(41)39-16-20-45-33-9-13-35(14-10-33)47-24-22-43-18-4-3-17-42-21-23-46-34-11-7-32(8-12-34)44-19-15-38-36/h1-14,25-27H,15-24H2,(H,38,40)(H,39,41). The van der Waals surface area contributed by atoms with Gasteiger partial charge in [-0.2, -0.15) is 0 Å². The topological polar surface area (TPSA) is 114 Å². The molecule has 3 aromatic carbocycles. The van der Waals surface area contributed by atoms with Gasteiger partial charge in [-0.05, 0) is 98.0 Å². The van der Waals surface area contributed by atoms with Gasteiger partial charge in [-0.3, -0.25) is 9.59 Å². The number of benzene rings is 3. The minimum absolute atomic E-state index is 0.268. The molecule has 6 bridgehead atoms. The van der Waals surface area contributed by atoms with Crippen LogP contribution in [0.3, 0.4) is 0 Å².